The summed E-state index contributed by atoms with van der Waals surface area (Å²) >= 11 is 0. The normalized spacial score (nSPS) is 17.7. The summed E-state index contributed by atoms with van der Waals surface area (Å²) in [5, 5.41) is 13.8. The molecule has 1 N–H and O–H groups in total. The van der Waals surface area contributed by atoms with Gasteiger partial charge in [-0.2, -0.15) is 5.10 Å². The Morgan fingerprint density at radius 3 is 2.66 bits per heavy atom. The van der Waals surface area contributed by atoms with E-state index in [2.05, 4.69) is 27.1 Å². The van der Waals surface area contributed by atoms with E-state index in [0.29, 0.717) is 37.1 Å². The molecule has 3 heterocycles. The number of aromatic nitrogens is 4. The van der Waals surface area contributed by atoms with Crippen molar-refractivity contribution in [3.8, 4) is 23.0 Å². The number of fused-ring (bicyclic) bond motifs is 3. The van der Waals surface area contributed by atoms with Crippen molar-refractivity contribution in [1.82, 2.24) is 29.5 Å². The lowest BCUT2D eigenvalue weighted by molar-refractivity contribution is 0.0614. The number of ether oxygens (including phenoxy) is 1. The summed E-state index contributed by atoms with van der Waals surface area (Å²) in [5.74, 6) is 1.70. The Kier molecular flexibility index (Phi) is 5.74. The average molecular weight is 475 g/mol. The van der Waals surface area contributed by atoms with Crippen LogP contribution in [0.4, 0.5) is 0 Å². The maximum absolute atomic E-state index is 13.5. The second-order valence-electron chi connectivity index (χ2n) is 9.55. The van der Waals surface area contributed by atoms with Gasteiger partial charge in [-0.25, -0.2) is 14.6 Å². The second-order valence-corrected chi connectivity index (χ2v) is 9.55. The molecule has 0 spiro atoms. The van der Waals surface area contributed by atoms with E-state index in [4.69, 9.17) is 9.72 Å². The summed E-state index contributed by atoms with van der Waals surface area (Å²) in [7, 11) is 1.68. The van der Waals surface area contributed by atoms with Gasteiger partial charge in [-0.3, -0.25) is 9.69 Å². The van der Waals surface area contributed by atoms with Crippen LogP contribution in [0.3, 0.4) is 0 Å². The molecule has 2 aromatic heterocycles. The fourth-order valence-corrected chi connectivity index (χ4v) is 5.24. The lowest BCUT2D eigenvalue weighted by Crippen LogP contribution is -2.49. The standard InChI is InChI=1S/C26H30N6O3/c1-35-20-6-7-21-18(14-20)4-5-19-15-27-26(29-23(19)21)32-24(17-2-3-17)22(16-28-32)25(34)31-10-8-30(9-11-31)12-13-33/h6-7,14-17,33H,2-5,8-13H2,1H3. The number of carbonyl (C=O) groups excluding carboxylic acids is 1. The minimum absolute atomic E-state index is 0.0252. The molecule has 6 rings (SSSR count). The Morgan fingerprint density at radius 1 is 1.11 bits per heavy atom. The highest BCUT2D eigenvalue weighted by molar-refractivity contribution is 5.95. The van der Waals surface area contributed by atoms with Gasteiger partial charge >= 0.3 is 0 Å². The Bertz CT molecular complexity index is 1260. The summed E-state index contributed by atoms with van der Waals surface area (Å²) in [6.07, 6.45) is 7.51. The van der Waals surface area contributed by atoms with Gasteiger partial charge in [0, 0.05) is 50.4 Å². The highest BCUT2D eigenvalue weighted by Gasteiger charge is 2.35. The maximum Gasteiger partial charge on any atom is 0.257 e. The van der Waals surface area contributed by atoms with Crippen molar-refractivity contribution < 1.29 is 14.6 Å². The van der Waals surface area contributed by atoms with Gasteiger partial charge in [0.1, 0.15) is 5.75 Å². The van der Waals surface area contributed by atoms with E-state index in [1.165, 1.54) is 5.56 Å². The largest absolute Gasteiger partial charge is 0.497 e. The van der Waals surface area contributed by atoms with E-state index in [9.17, 15) is 9.90 Å². The minimum Gasteiger partial charge on any atom is -0.497 e. The van der Waals surface area contributed by atoms with E-state index in [0.717, 1.165) is 67.0 Å². The third-order valence-corrected chi connectivity index (χ3v) is 7.35. The van der Waals surface area contributed by atoms with Gasteiger partial charge in [-0.15, -0.1) is 0 Å². The second kappa shape index (κ2) is 9.05. The van der Waals surface area contributed by atoms with Crippen LogP contribution in [0.2, 0.25) is 0 Å². The third kappa shape index (κ3) is 4.08. The Morgan fingerprint density at radius 2 is 1.91 bits per heavy atom. The van der Waals surface area contributed by atoms with Crippen molar-refractivity contribution in [2.75, 3.05) is 46.4 Å². The zero-order chi connectivity index (χ0) is 23.9. The third-order valence-electron chi connectivity index (χ3n) is 7.35. The van der Waals surface area contributed by atoms with Gasteiger partial charge in [-0.1, -0.05) is 0 Å². The molecule has 0 radical (unpaired) electrons. The van der Waals surface area contributed by atoms with Crippen molar-refractivity contribution in [1.29, 1.82) is 0 Å². The summed E-state index contributed by atoms with van der Waals surface area (Å²) in [4.78, 5) is 27.2. The van der Waals surface area contributed by atoms with Gasteiger partial charge in [0.15, 0.2) is 0 Å². The number of carbonyl (C=O) groups is 1. The molecule has 1 aromatic carbocycles. The van der Waals surface area contributed by atoms with Gasteiger partial charge in [0.05, 0.1) is 36.9 Å². The molecule has 3 aliphatic rings. The number of rotatable bonds is 6. The first-order valence-corrected chi connectivity index (χ1v) is 12.4. The number of aliphatic hydroxyl groups is 1. The first kappa shape index (κ1) is 22.2. The van der Waals surface area contributed by atoms with Crippen molar-refractivity contribution in [3.05, 3.63) is 53.0 Å². The smallest absolute Gasteiger partial charge is 0.257 e. The first-order chi connectivity index (χ1) is 17.2. The molecule has 182 valence electrons. The lowest BCUT2D eigenvalue weighted by atomic mass is 9.90. The quantitative estimate of drug-likeness (QED) is 0.584. The van der Waals surface area contributed by atoms with Crippen molar-refractivity contribution >= 4 is 5.91 Å². The van der Waals surface area contributed by atoms with Crippen LogP contribution in [0.25, 0.3) is 17.2 Å². The minimum atomic E-state index is 0.0252. The van der Waals surface area contributed by atoms with Crippen LogP contribution in [-0.4, -0.2) is 87.0 Å². The maximum atomic E-state index is 13.5. The molecule has 9 nitrogen and oxygen atoms in total. The molecule has 0 atom stereocenters. The molecule has 35 heavy (non-hydrogen) atoms. The topological polar surface area (TPSA) is 96.6 Å². The van der Waals surface area contributed by atoms with Crippen LogP contribution < -0.4 is 4.74 Å². The van der Waals surface area contributed by atoms with Crippen LogP contribution >= 0.6 is 0 Å². The van der Waals surface area contributed by atoms with E-state index in [1.807, 2.05) is 17.2 Å². The van der Waals surface area contributed by atoms with Gasteiger partial charge < -0.3 is 14.7 Å². The molecular formula is C26H30N6O3. The number of aryl methyl sites for hydroxylation is 2. The van der Waals surface area contributed by atoms with Crippen LogP contribution in [0.5, 0.6) is 5.75 Å². The highest BCUT2D eigenvalue weighted by atomic mass is 16.5. The number of benzene rings is 1. The molecule has 1 amide bonds. The molecule has 9 heteroatoms. The number of hydrogen-bond donors (Lipinski definition) is 1. The van der Waals surface area contributed by atoms with Crippen LogP contribution in [0, 0.1) is 0 Å². The zero-order valence-electron chi connectivity index (χ0n) is 20.0. The predicted molar refractivity (Wildman–Crippen MR) is 130 cm³/mol. The number of hydrogen-bond acceptors (Lipinski definition) is 7. The van der Waals surface area contributed by atoms with E-state index in [-0.39, 0.29) is 12.5 Å². The number of piperazine rings is 1. The van der Waals surface area contributed by atoms with E-state index >= 15 is 0 Å². The molecule has 1 saturated heterocycles. The predicted octanol–water partition coefficient (Wildman–Crippen LogP) is 2.06. The lowest BCUT2D eigenvalue weighted by Gasteiger charge is -2.34. The van der Waals surface area contributed by atoms with Crippen LogP contribution in [-0.2, 0) is 12.8 Å². The first-order valence-electron chi connectivity index (χ1n) is 12.4. The number of aliphatic hydroxyl groups excluding tert-OH is 1. The van der Waals surface area contributed by atoms with Gasteiger partial charge in [0.2, 0.25) is 0 Å². The van der Waals surface area contributed by atoms with Crippen molar-refractivity contribution in [3.63, 3.8) is 0 Å². The summed E-state index contributed by atoms with van der Waals surface area (Å²) < 4.78 is 7.19. The molecule has 2 fully saturated rings. The van der Waals surface area contributed by atoms with Crippen molar-refractivity contribution in [2.24, 2.45) is 0 Å². The van der Waals surface area contributed by atoms with Crippen molar-refractivity contribution in [2.45, 2.75) is 31.6 Å². The van der Waals surface area contributed by atoms with Gasteiger partial charge in [0.25, 0.3) is 11.9 Å². The molecule has 1 aliphatic heterocycles. The Labute approximate surface area is 204 Å². The average Bonchev–Trinajstić information content (AvgIpc) is 3.65. The Balaban J connectivity index is 1.32. The number of methoxy groups -OCH3 is 1. The molecule has 2 aliphatic carbocycles. The highest BCUT2D eigenvalue weighted by Crippen LogP contribution is 2.43. The summed E-state index contributed by atoms with van der Waals surface area (Å²) in [6, 6.07) is 6.12. The number of β-amino-alcohol motifs (C(OH)–C–C–N with tert-alkyl or cyclic N) is 1. The zero-order valence-corrected chi connectivity index (χ0v) is 20.0. The number of nitrogens with zero attached hydrogens (tertiary/aromatic N) is 6. The molecular weight excluding hydrogens is 444 g/mol. The summed E-state index contributed by atoms with van der Waals surface area (Å²) in [6.45, 7) is 3.66. The molecule has 1 saturated carbocycles. The fraction of sp³-hybridized carbons (Fsp3) is 0.462. The molecule has 0 unspecified atom stereocenters. The number of amides is 1. The monoisotopic (exact) mass is 474 g/mol. The van der Waals surface area contributed by atoms with Gasteiger partial charge in [-0.05, 0) is 55.0 Å². The van der Waals surface area contributed by atoms with E-state index in [1.54, 1.807) is 18.0 Å². The molecule has 3 aromatic rings. The Hall–Kier alpha value is -3.30. The molecule has 0 bridgehead atoms. The summed E-state index contributed by atoms with van der Waals surface area (Å²) in [5.41, 5.74) is 5.98. The fourth-order valence-electron chi connectivity index (χ4n) is 5.24. The van der Waals surface area contributed by atoms with Crippen LogP contribution in [0.15, 0.2) is 30.6 Å². The SMILES string of the molecule is COc1ccc2c(c1)CCc1cnc(-n3ncc(C(=O)N4CCN(CCO)CC4)c3C3CC3)nc1-2. The van der Waals surface area contributed by atoms with Crippen LogP contribution in [0.1, 0.15) is 45.9 Å². The van der Waals surface area contributed by atoms with E-state index < -0.39 is 0 Å².